The van der Waals surface area contributed by atoms with Crippen molar-refractivity contribution in [1.29, 1.82) is 0 Å². The van der Waals surface area contributed by atoms with E-state index in [-0.39, 0.29) is 18.4 Å². The van der Waals surface area contributed by atoms with E-state index >= 15 is 0 Å². The van der Waals surface area contributed by atoms with E-state index in [0.717, 1.165) is 5.56 Å². The number of carboxylic acid groups (broad SMARTS) is 1. The molecule has 0 saturated carbocycles. The van der Waals surface area contributed by atoms with Gasteiger partial charge in [-0.1, -0.05) is 24.3 Å². The maximum atomic E-state index is 12.5. The average Bonchev–Trinajstić information content (AvgIpc) is 2.53. The van der Waals surface area contributed by atoms with Gasteiger partial charge in [-0.15, -0.1) is 0 Å². The Bertz CT molecular complexity index is 725. The molecule has 2 aromatic rings. The summed E-state index contributed by atoms with van der Waals surface area (Å²) in [6.45, 7) is 3.81. The van der Waals surface area contributed by atoms with Crippen molar-refractivity contribution in [3.8, 4) is 5.75 Å². The van der Waals surface area contributed by atoms with E-state index in [0.29, 0.717) is 23.4 Å². The van der Waals surface area contributed by atoms with E-state index in [1.54, 1.807) is 36.4 Å². The van der Waals surface area contributed by atoms with Gasteiger partial charge >= 0.3 is 5.97 Å². The molecule has 0 fully saturated rings. The number of para-hydroxylation sites is 1. The molecule has 5 heteroatoms. The lowest BCUT2D eigenvalue weighted by atomic mass is 10.1. The first-order chi connectivity index (χ1) is 11.5. The van der Waals surface area contributed by atoms with E-state index in [9.17, 15) is 9.59 Å². The van der Waals surface area contributed by atoms with Crippen LogP contribution < -0.4 is 10.1 Å². The molecule has 0 saturated heterocycles. The Morgan fingerprint density at radius 1 is 1.12 bits per heavy atom. The molecule has 0 aliphatic heterocycles. The lowest BCUT2D eigenvalue weighted by Crippen LogP contribution is -2.15. The van der Waals surface area contributed by atoms with Crippen LogP contribution in [-0.2, 0) is 11.2 Å². The zero-order valence-corrected chi connectivity index (χ0v) is 13.8. The number of carboxylic acids is 1. The number of amides is 1. The van der Waals surface area contributed by atoms with Gasteiger partial charge in [-0.3, -0.25) is 9.59 Å². The van der Waals surface area contributed by atoms with Gasteiger partial charge in [0.05, 0.1) is 11.7 Å². The van der Waals surface area contributed by atoms with Crippen LogP contribution in [0.3, 0.4) is 0 Å². The second kappa shape index (κ2) is 8.15. The molecule has 0 unspecified atom stereocenters. The molecule has 0 bridgehead atoms. The van der Waals surface area contributed by atoms with Gasteiger partial charge in [0.15, 0.2) is 0 Å². The number of carbonyl (C=O) groups excluding carboxylic acids is 1. The first-order valence-corrected chi connectivity index (χ1v) is 7.83. The molecule has 2 aromatic carbocycles. The highest BCUT2D eigenvalue weighted by molar-refractivity contribution is 6.06. The largest absolute Gasteiger partial charge is 0.490 e. The SMILES string of the molecule is CC(C)Oc1ccccc1C(=O)Nc1cccc(CCC(=O)O)c1. The number of rotatable bonds is 7. The van der Waals surface area contributed by atoms with Crippen LogP contribution in [0.5, 0.6) is 5.75 Å². The Morgan fingerprint density at radius 2 is 1.88 bits per heavy atom. The van der Waals surface area contributed by atoms with Crippen molar-refractivity contribution in [3.05, 3.63) is 59.7 Å². The number of nitrogens with one attached hydrogen (secondary N) is 1. The van der Waals surface area contributed by atoms with Gasteiger partial charge in [-0.05, 0) is 50.1 Å². The Labute approximate surface area is 141 Å². The molecule has 0 aliphatic carbocycles. The number of aliphatic carboxylic acids is 1. The van der Waals surface area contributed by atoms with Crippen LogP contribution in [0.25, 0.3) is 0 Å². The van der Waals surface area contributed by atoms with Gasteiger partial charge in [0.1, 0.15) is 5.75 Å². The van der Waals surface area contributed by atoms with Crippen LogP contribution in [0.1, 0.15) is 36.2 Å². The van der Waals surface area contributed by atoms with Gasteiger partial charge in [-0.25, -0.2) is 0 Å². The molecule has 0 spiro atoms. The summed E-state index contributed by atoms with van der Waals surface area (Å²) in [7, 11) is 0. The first-order valence-electron chi connectivity index (χ1n) is 7.83. The van der Waals surface area contributed by atoms with Gasteiger partial charge in [0.25, 0.3) is 5.91 Å². The van der Waals surface area contributed by atoms with Crippen molar-refractivity contribution in [3.63, 3.8) is 0 Å². The van der Waals surface area contributed by atoms with Crippen molar-refractivity contribution >= 4 is 17.6 Å². The second-order valence-corrected chi connectivity index (χ2v) is 5.71. The average molecular weight is 327 g/mol. The molecule has 126 valence electrons. The Kier molecular flexibility index (Phi) is 5.95. The number of hydrogen-bond acceptors (Lipinski definition) is 3. The fourth-order valence-corrected chi connectivity index (χ4v) is 2.27. The number of ether oxygens (including phenoxy) is 1. The molecule has 2 rings (SSSR count). The van der Waals surface area contributed by atoms with Gasteiger partial charge in [0.2, 0.25) is 0 Å². The monoisotopic (exact) mass is 327 g/mol. The Balaban J connectivity index is 2.12. The van der Waals surface area contributed by atoms with E-state index in [2.05, 4.69) is 5.32 Å². The van der Waals surface area contributed by atoms with Crippen LogP contribution in [0.2, 0.25) is 0 Å². The smallest absolute Gasteiger partial charge is 0.303 e. The zero-order valence-electron chi connectivity index (χ0n) is 13.8. The lowest BCUT2D eigenvalue weighted by molar-refractivity contribution is -0.136. The van der Waals surface area contributed by atoms with E-state index in [1.165, 1.54) is 0 Å². The Hall–Kier alpha value is -2.82. The molecule has 0 heterocycles. The third-order valence-corrected chi connectivity index (χ3v) is 3.31. The number of benzene rings is 2. The molecule has 0 radical (unpaired) electrons. The molecule has 0 aromatic heterocycles. The molecule has 2 N–H and O–H groups in total. The Morgan fingerprint density at radius 3 is 2.58 bits per heavy atom. The highest BCUT2D eigenvalue weighted by Crippen LogP contribution is 2.21. The van der Waals surface area contributed by atoms with E-state index in [4.69, 9.17) is 9.84 Å². The summed E-state index contributed by atoms with van der Waals surface area (Å²) in [5, 5.41) is 11.6. The fraction of sp³-hybridized carbons (Fsp3) is 0.263. The minimum atomic E-state index is -0.843. The molecule has 0 aliphatic rings. The van der Waals surface area contributed by atoms with Crippen LogP contribution >= 0.6 is 0 Å². The summed E-state index contributed by atoms with van der Waals surface area (Å²) in [6, 6.07) is 14.3. The van der Waals surface area contributed by atoms with E-state index < -0.39 is 5.97 Å². The first kappa shape index (κ1) is 17.5. The van der Waals surface area contributed by atoms with Gasteiger partial charge in [0, 0.05) is 12.1 Å². The number of carbonyl (C=O) groups is 2. The summed E-state index contributed by atoms with van der Waals surface area (Å²) in [4.78, 5) is 23.2. The maximum Gasteiger partial charge on any atom is 0.303 e. The van der Waals surface area contributed by atoms with Crippen LogP contribution in [0, 0.1) is 0 Å². The number of aryl methyl sites for hydroxylation is 1. The zero-order chi connectivity index (χ0) is 17.5. The molecular weight excluding hydrogens is 306 g/mol. The number of hydrogen-bond donors (Lipinski definition) is 2. The molecule has 24 heavy (non-hydrogen) atoms. The van der Waals surface area contributed by atoms with Crippen LogP contribution in [0.4, 0.5) is 5.69 Å². The lowest BCUT2D eigenvalue weighted by Gasteiger charge is -2.14. The van der Waals surface area contributed by atoms with Gasteiger partial charge < -0.3 is 15.2 Å². The minimum absolute atomic E-state index is 0.0294. The molecule has 5 nitrogen and oxygen atoms in total. The van der Waals surface area contributed by atoms with Crippen LogP contribution in [-0.4, -0.2) is 23.1 Å². The summed E-state index contributed by atoms with van der Waals surface area (Å²) >= 11 is 0. The molecule has 1 amide bonds. The third-order valence-electron chi connectivity index (χ3n) is 3.31. The summed E-state index contributed by atoms with van der Waals surface area (Å²) in [5.74, 6) is -0.571. The van der Waals surface area contributed by atoms with Gasteiger partial charge in [-0.2, -0.15) is 0 Å². The maximum absolute atomic E-state index is 12.5. The highest BCUT2D eigenvalue weighted by Gasteiger charge is 2.13. The molecule has 0 atom stereocenters. The fourth-order valence-electron chi connectivity index (χ4n) is 2.27. The van der Waals surface area contributed by atoms with E-state index in [1.807, 2.05) is 26.0 Å². The summed E-state index contributed by atoms with van der Waals surface area (Å²) in [6.07, 6.45) is 0.451. The van der Waals surface area contributed by atoms with Crippen molar-refractivity contribution in [1.82, 2.24) is 0 Å². The predicted octanol–water partition coefficient (Wildman–Crippen LogP) is 3.74. The third kappa shape index (κ3) is 5.12. The summed E-state index contributed by atoms with van der Waals surface area (Å²) < 4.78 is 5.67. The normalized spacial score (nSPS) is 10.5. The highest BCUT2D eigenvalue weighted by atomic mass is 16.5. The number of anilines is 1. The van der Waals surface area contributed by atoms with Crippen molar-refractivity contribution < 1.29 is 19.4 Å². The molecular formula is C19H21NO4. The van der Waals surface area contributed by atoms with Crippen molar-refractivity contribution in [2.24, 2.45) is 0 Å². The summed E-state index contributed by atoms with van der Waals surface area (Å²) in [5.41, 5.74) is 1.95. The second-order valence-electron chi connectivity index (χ2n) is 5.71. The topological polar surface area (TPSA) is 75.6 Å². The predicted molar refractivity (Wildman–Crippen MR) is 92.6 cm³/mol. The standard InChI is InChI=1S/C19H21NO4/c1-13(2)24-17-9-4-3-8-16(17)19(23)20-15-7-5-6-14(12-15)10-11-18(21)22/h3-9,12-13H,10-11H2,1-2H3,(H,20,23)(H,21,22). The quantitative estimate of drug-likeness (QED) is 0.812. The van der Waals surface area contributed by atoms with Crippen molar-refractivity contribution in [2.45, 2.75) is 32.8 Å². The van der Waals surface area contributed by atoms with Crippen LogP contribution in [0.15, 0.2) is 48.5 Å². The van der Waals surface area contributed by atoms with Crippen molar-refractivity contribution in [2.75, 3.05) is 5.32 Å². The minimum Gasteiger partial charge on any atom is -0.490 e.